The van der Waals surface area contributed by atoms with Gasteiger partial charge in [0.2, 0.25) is 5.91 Å². The molecule has 2 N–H and O–H groups in total. The fourth-order valence-electron chi connectivity index (χ4n) is 4.01. The quantitative estimate of drug-likeness (QED) is 0.554. The van der Waals surface area contributed by atoms with Gasteiger partial charge in [0.05, 0.1) is 6.54 Å². The number of nitrogens with one attached hydrogen (secondary N) is 1. The van der Waals surface area contributed by atoms with Crippen molar-refractivity contribution in [3.8, 4) is 5.75 Å². The fourth-order valence-corrected chi connectivity index (χ4v) is 4.99. The lowest BCUT2D eigenvalue weighted by atomic mass is 10.1. The third-order valence-corrected chi connectivity index (χ3v) is 6.59. The van der Waals surface area contributed by atoms with Crippen LogP contribution >= 0.6 is 11.8 Å². The predicted molar refractivity (Wildman–Crippen MR) is 127 cm³/mol. The molecule has 0 aliphatic carbocycles. The Morgan fingerprint density at radius 1 is 1.06 bits per heavy atom. The lowest BCUT2D eigenvalue weighted by molar-refractivity contribution is -0.123. The summed E-state index contributed by atoms with van der Waals surface area (Å²) >= 11 is 1.98. The summed E-state index contributed by atoms with van der Waals surface area (Å²) in [6.07, 6.45) is -0.475. The molecule has 0 aromatic heterocycles. The Hall–Kier alpha value is -1.32. The van der Waals surface area contributed by atoms with E-state index in [0.29, 0.717) is 19.7 Å². The average molecular weight is 451 g/mol. The van der Waals surface area contributed by atoms with Crippen LogP contribution in [0.25, 0.3) is 0 Å². The van der Waals surface area contributed by atoms with Gasteiger partial charge in [-0.1, -0.05) is 18.2 Å². The SMILES string of the molecule is CC(C)NC(=O)CN1CCN(Cc2ccccc2OCC(O)CN2CCSCC2)CC1. The number of thioether (sulfide) groups is 1. The topological polar surface area (TPSA) is 68.3 Å². The minimum atomic E-state index is -0.475. The van der Waals surface area contributed by atoms with Gasteiger partial charge in [-0.15, -0.1) is 0 Å². The number of β-amino-alcohol motifs (C(OH)–C–C–N with tert-alkyl or cyclic N) is 1. The maximum Gasteiger partial charge on any atom is 0.234 e. The Kier molecular flexibility index (Phi) is 9.93. The zero-order chi connectivity index (χ0) is 22.1. The first kappa shape index (κ1) is 24.3. The second-order valence-electron chi connectivity index (χ2n) is 8.76. The first-order chi connectivity index (χ1) is 15.0. The van der Waals surface area contributed by atoms with E-state index in [1.165, 1.54) is 0 Å². The highest BCUT2D eigenvalue weighted by Gasteiger charge is 2.21. The van der Waals surface area contributed by atoms with Gasteiger partial charge in [-0.2, -0.15) is 11.8 Å². The van der Waals surface area contributed by atoms with Crippen molar-refractivity contribution < 1.29 is 14.6 Å². The average Bonchev–Trinajstić information content (AvgIpc) is 2.74. The van der Waals surface area contributed by atoms with E-state index < -0.39 is 6.10 Å². The number of ether oxygens (including phenoxy) is 1. The van der Waals surface area contributed by atoms with Gasteiger partial charge in [0.25, 0.3) is 0 Å². The molecule has 2 heterocycles. The van der Waals surface area contributed by atoms with E-state index >= 15 is 0 Å². The normalized spacial score (nSPS) is 20.0. The highest BCUT2D eigenvalue weighted by atomic mass is 32.2. The second-order valence-corrected chi connectivity index (χ2v) is 9.98. The van der Waals surface area contributed by atoms with Crippen molar-refractivity contribution in [2.45, 2.75) is 32.5 Å². The number of aliphatic hydroxyl groups excluding tert-OH is 1. The molecule has 7 nitrogen and oxygen atoms in total. The first-order valence-electron chi connectivity index (χ1n) is 11.4. The summed E-state index contributed by atoms with van der Waals surface area (Å²) in [5, 5.41) is 13.4. The summed E-state index contributed by atoms with van der Waals surface area (Å²) in [6.45, 7) is 12.0. The zero-order valence-corrected chi connectivity index (χ0v) is 19.8. The number of hydrogen-bond acceptors (Lipinski definition) is 7. The number of piperazine rings is 1. The number of amides is 1. The molecule has 2 saturated heterocycles. The van der Waals surface area contributed by atoms with Gasteiger partial charge in [0.1, 0.15) is 18.5 Å². The fraction of sp³-hybridized carbons (Fsp3) is 0.696. The molecule has 1 unspecified atom stereocenters. The smallest absolute Gasteiger partial charge is 0.234 e. The maximum atomic E-state index is 12.0. The van der Waals surface area contributed by atoms with Crippen molar-refractivity contribution in [2.75, 3.05) is 70.5 Å². The van der Waals surface area contributed by atoms with Crippen LogP contribution in [0.15, 0.2) is 24.3 Å². The number of rotatable bonds is 10. The molecule has 0 bridgehead atoms. The molecule has 1 aromatic carbocycles. The van der Waals surface area contributed by atoms with Crippen molar-refractivity contribution in [1.82, 2.24) is 20.0 Å². The highest BCUT2D eigenvalue weighted by molar-refractivity contribution is 7.99. The molecule has 174 valence electrons. The standard InChI is InChI=1S/C23H38N4O3S/c1-19(2)24-23(29)17-26-9-7-25(8-10-26)15-20-5-3-4-6-22(20)30-18-21(28)16-27-11-13-31-14-12-27/h3-6,19,21,28H,7-18H2,1-2H3,(H,24,29). The van der Waals surface area contributed by atoms with Crippen LogP contribution in [0, 0.1) is 0 Å². The summed E-state index contributed by atoms with van der Waals surface area (Å²) in [7, 11) is 0. The van der Waals surface area contributed by atoms with Crippen LogP contribution in [-0.2, 0) is 11.3 Å². The van der Waals surface area contributed by atoms with Gasteiger partial charge in [-0.05, 0) is 19.9 Å². The van der Waals surface area contributed by atoms with Crippen LogP contribution < -0.4 is 10.1 Å². The summed E-state index contributed by atoms with van der Waals surface area (Å²) < 4.78 is 6.02. The molecule has 3 rings (SSSR count). The number of nitrogens with zero attached hydrogens (tertiary/aromatic N) is 3. The van der Waals surface area contributed by atoms with Crippen molar-refractivity contribution in [1.29, 1.82) is 0 Å². The van der Waals surface area contributed by atoms with Gasteiger partial charge >= 0.3 is 0 Å². The maximum absolute atomic E-state index is 12.0. The second kappa shape index (κ2) is 12.6. The summed E-state index contributed by atoms with van der Waals surface area (Å²) in [4.78, 5) is 18.9. The Morgan fingerprint density at radius 2 is 1.74 bits per heavy atom. The molecule has 0 spiro atoms. The predicted octanol–water partition coefficient (Wildman–Crippen LogP) is 1.12. The molecule has 1 atom stereocenters. The Labute approximate surface area is 191 Å². The van der Waals surface area contributed by atoms with Gasteiger partial charge in [0, 0.05) is 75.5 Å². The molecule has 2 aliphatic rings. The first-order valence-corrected chi connectivity index (χ1v) is 12.6. The zero-order valence-electron chi connectivity index (χ0n) is 19.0. The number of carbonyl (C=O) groups is 1. The summed E-state index contributed by atoms with van der Waals surface area (Å²) in [5.41, 5.74) is 1.15. The lowest BCUT2D eigenvalue weighted by Crippen LogP contribution is -2.49. The Morgan fingerprint density at radius 3 is 2.45 bits per heavy atom. The molecule has 1 aromatic rings. The van der Waals surface area contributed by atoms with E-state index in [9.17, 15) is 9.90 Å². The summed E-state index contributed by atoms with van der Waals surface area (Å²) in [6, 6.07) is 8.30. The van der Waals surface area contributed by atoms with Crippen LogP contribution in [-0.4, -0.2) is 108 Å². The molecule has 8 heteroatoms. The Balaban J connectivity index is 1.42. The largest absolute Gasteiger partial charge is 0.491 e. The molecule has 2 fully saturated rings. The van der Waals surface area contributed by atoms with Crippen LogP contribution in [0.2, 0.25) is 0 Å². The van der Waals surface area contributed by atoms with E-state index in [2.05, 4.69) is 26.1 Å². The van der Waals surface area contributed by atoms with Crippen molar-refractivity contribution in [2.24, 2.45) is 0 Å². The van der Waals surface area contributed by atoms with E-state index in [-0.39, 0.29) is 11.9 Å². The van der Waals surface area contributed by atoms with Crippen molar-refractivity contribution in [3.05, 3.63) is 29.8 Å². The molecule has 2 aliphatic heterocycles. The minimum absolute atomic E-state index is 0.101. The van der Waals surface area contributed by atoms with E-state index in [0.717, 1.165) is 68.6 Å². The third kappa shape index (κ3) is 8.61. The van der Waals surface area contributed by atoms with E-state index in [1.54, 1.807) is 0 Å². The molecular weight excluding hydrogens is 412 g/mol. The minimum Gasteiger partial charge on any atom is -0.491 e. The van der Waals surface area contributed by atoms with Gasteiger partial charge in [-0.25, -0.2) is 0 Å². The summed E-state index contributed by atoms with van der Waals surface area (Å²) in [5.74, 6) is 3.25. The monoisotopic (exact) mass is 450 g/mol. The van der Waals surface area contributed by atoms with E-state index in [1.807, 2.05) is 43.8 Å². The number of hydrogen-bond donors (Lipinski definition) is 2. The highest BCUT2D eigenvalue weighted by Crippen LogP contribution is 2.21. The number of benzene rings is 1. The van der Waals surface area contributed by atoms with Crippen LogP contribution in [0.1, 0.15) is 19.4 Å². The number of para-hydroxylation sites is 1. The van der Waals surface area contributed by atoms with E-state index in [4.69, 9.17) is 4.74 Å². The third-order valence-electron chi connectivity index (χ3n) is 5.65. The van der Waals surface area contributed by atoms with Crippen LogP contribution in [0.5, 0.6) is 5.75 Å². The van der Waals surface area contributed by atoms with Crippen molar-refractivity contribution >= 4 is 17.7 Å². The van der Waals surface area contributed by atoms with Crippen LogP contribution in [0.4, 0.5) is 0 Å². The van der Waals surface area contributed by atoms with Crippen LogP contribution in [0.3, 0.4) is 0 Å². The molecular formula is C23H38N4O3S. The van der Waals surface area contributed by atoms with Crippen molar-refractivity contribution in [3.63, 3.8) is 0 Å². The lowest BCUT2D eigenvalue weighted by Gasteiger charge is -2.34. The molecule has 1 amide bonds. The Bertz CT molecular complexity index is 677. The van der Waals surface area contributed by atoms with Gasteiger partial charge in [0.15, 0.2) is 0 Å². The molecule has 0 radical (unpaired) electrons. The number of carbonyl (C=O) groups excluding carboxylic acids is 1. The molecule has 31 heavy (non-hydrogen) atoms. The number of aliphatic hydroxyl groups is 1. The van der Waals surface area contributed by atoms with Gasteiger partial charge < -0.3 is 15.2 Å². The van der Waals surface area contributed by atoms with Gasteiger partial charge in [-0.3, -0.25) is 19.5 Å². The molecule has 0 saturated carbocycles.